The summed E-state index contributed by atoms with van der Waals surface area (Å²) in [4.78, 5) is 16.0. The predicted octanol–water partition coefficient (Wildman–Crippen LogP) is 3.80. The monoisotopic (exact) mass is 269 g/mol. The molecule has 1 heterocycles. The molecule has 3 nitrogen and oxygen atoms in total. The molecule has 1 N–H and O–H groups in total. The van der Waals surface area contributed by atoms with Crippen molar-refractivity contribution in [2.24, 2.45) is 17.8 Å². The number of benzene rings is 1. The summed E-state index contributed by atoms with van der Waals surface area (Å²) in [6.07, 6.45) is 6.95. The average Bonchev–Trinajstić information content (AvgIpc) is 3.07. The Kier molecular flexibility index (Phi) is 2.62. The summed E-state index contributed by atoms with van der Waals surface area (Å²) in [5, 5.41) is 0.998. The van der Waals surface area contributed by atoms with E-state index in [4.69, 9.17) is 4.74 Å². The van der Waals surface area contributed by atoms with Gasteiger partial charge in [0.25, 0.3) is 0 Å². The highest BCUT2D eigenvalue weighted by Gasteiger charge is 2.54. The Morgan fingerprint density at radius 1 is 1.25 bits per heavy atom. The minimum atomic E-state index is 0.280. The molecule has 20 heavy (non-hydrogen) atoms. The van der Waals surface area contributed by atoms with Crippen LogP contribution in [0, 0.1) is 17.8 Å². The molecule has 2 saturated carbocycles. The van der Waals surface area contributed by atoms with Crippen molar-refractivity contribution in [2.45, 2.75) is 25.7 Å². The molecule has 0 bridgehead atoms. The molecule has 2 aliphatic rings. The number of ether oxygens (including phenoxy) is 1. The molecule has 4 rings (SSSR count). The fraction of sp³-hybridized carbons (Fsp3) is 0.471. The number of ketones is 1. The van der Waals surface area contributed by atoms with Crippen molar-refractivity contribution >= 4 is 16.7 Å². The normalized spacial score (nSPS) is 28.1. The van der Waals surface area contributed by atoms with Gasteiger partial charge in [0.05, 0.1) is 7.11 Å². The van der Waals surface area contributed by atoms with Crippen LogP contribution in [0.25, 0.3) is 10.9 Å². The number of H-pyrrole nitrogens is 1. The van der Waals surface area contributed by atoms with Gasteiger partial charge in [-0.2, -0.15) is 0 Å². The van der Waals surface area contributed by atoms with Crippen molar-refractivity contribution in [2.75, 3.05) is 7.11 Å². The van der Waals surface area contributed by atoms with E-state index < -0.39 is 0 Å². The van der Waals surface area contributed by atoms with Crippen LogP contribution in [0.15, 0.2) is 24.4 Å². The molecule has 2 unspecified atom stereocenters. The molecule has 0 aliphatic heterocycles. The van der Waals surface area contributed by atoms with Gasteiger partial charge in [-0.15, -0.1) is 0 Å². The number of fused-ring (bicyclic) bond motifs is 2. The maximum Gasteiger partial charge on any atom is 0.168 e. The molecule has 1 aromatic carbocycles. The largest absolute Gasteiger partial charge is 0.497 e. The number of carbonyl (C=O) groups excluding carboxylic acids is 1. The first-order chi connectivity index (χ1) is 9.79. The van der Waals surface area contributed by atoms with Gasteiger partial charge in [-0.3, -0.25) is 4.79 Å². The third-order valence-corrected chi connectivity index (χ3v) is 5.11. The lowest BCUT2D eigenvalue weighted by Crippen LogP contribution is -2.03. The Balaban J connectivity index is 1.69. The van der Waals surface area contributed by atoms with E-state index in [9.17, 15) is 4.79 Å². The zero-order valence-corrected chi connectivity index (χ0v) is 11.7. The molecular formula is C17H19NO2. The van der Waals surface area contributed by atoms with Gasteiger partial charge in [-0.1, -0.05) is 12.8 Å². The number of carbonyl (C=O) groups is 1. The molecule has 2 atom stereocenters. The van der Waals surface area contributed by atoms with Crippen LogP contribution in [0.1, 0.15) is 36.0 Å². The lowest BCUT2D eigenvalue weighted by molar-refractivity contribution is 0.0958. The molecule has 3 heteroatoms. The van der Waals surface area contributed by atoms with E-state index >= 15 is 0 Å². The standard InChI is InChI=1S/C17H19NO2/c1-20-10-6-7-15-13(8-10)14(9-18-15)17(19)16-11-4-2-3-5-12(11)16/h6-9,11-12,16,18H,2-5H2,1H3. The van der Waals surface area contributed by atoms with Crippen LogP contribution in [0.5, 0.6) is 5.75 Å². The molecule has 2 fully saturated rings. The fourth-order valence-electron chi connectivity index (χ4n) is 3.99. The summed E-state index contributed by atoms with van der Waals surface area (Å²) in [5.41, 5.74) is 1.86. The first kappa shape index (κ1) is 12.0. The smallest absolute Gasteiger partial charge is 0.168 e. The lowest BCUT2D eigenvalue weighted by atomic mass is 10.0. The number of hydrogen-bond acceptors (Lipinski definition) is 2. The van der Waals surface area contributed by atoms with E-state index in [1.54, 1.807) is 7.11 Å². The Hall–Kier alpha value is -1.77. The number of rotatable bonds is 3. The SMILES string of the molecule is COc1ccc2[nH]cc(C(=O)C3C4CCCCC43)c2c1. The van der Waals surface area contributed by atoms with E-state index in [0.29, 0.717) is 17.6 Å². The number of aromatic amines is 1. The summed E-state index contributed by atoms with van der Waals surface area (Å²) in [6, 6.07) is 5.86. The summed E-state index contributed by atoms with van der Waals surface area (Å²) in [5.74, 6) is 2.74. The topological polar surface area (TPSA) is 42.1 Å². The molecule has 2 aliphatic carbocycles. The quantitative estimate of drug-likeness (QED) is 0.861. The van der Waals surface area contributed by atoms with E-state index in [-0.39, 0.29) is 5.92 Å². The highest BCUT2D eigenvalue weighted by atomic mass is 16.5. The van der Waals surface area contributed by atoms with Gasteiger partial charge in [-0.05, 0) is 42.9 Å². The minimum Gasteiger partial charge on any atom is -0.497 e. The van der Waals surface area contributed by atoms with Gasteiger partial charge in [-0.25, -0.2) is 0 Å². The molecule has 0 saturated heterocycles. The van der Waals surface area contributed by atoms with Crippen molar-refractivity contribution in [1.29, 1.82) is 0 Å². The highest BCUT2D eigenvalue weighted by molar-refractivity contribution is 6.10. The fourth-order valence-corrected chi connectivity index (χ4v) is 3.99. The van der Waals surface area contributed by atoms with Crippen molar-refractivity contribution in [3.8, 4) is 5.75 Å². The Bertz CT molecular complexity index is 661. The van der Waals surface area contributed by atoms with Gasteiger partial charge in [0.1, 0.15) is 5.75 Å². The van der Waals surface area contributed by atoms with Gasteiger partial charge < -0.3 is 9.72 Å². The maximum atomic E-state index is 12.8. The van der Waals surface area contributed by atoms with Crippen molar-refractivity contribution in [3.63, 3.8) is 0 Å². The average molecular weight is 269 g/mol. The van der Waals surface area contributed by atoms with Gasteiger partial charge in [0.2, 0.25) is 0 Å². The summed E-state index contributed by atoms with van der Waals surface area (Å²) < 4.78 is 5.27. The third kappa shape index (κ3) is 1.69. The Morgan fingerprint density at radius 3 is 2.70 bits per heavy atom. The molecule has 0 radical (unpaired) electrons. The van der Waals surface area contributed by atoms with Crippen LogP contribution in [0.2, 0.25) is 0 Å². The van der Waals surface area contributed by atoms with E-state index in [2.05, 4.69) is 4.98 Å². The van der Waals surface area contributed by atoms with Gasteiger partial charge in [0.15, 0.2) is 5.78 Å². The second-order valence-electron chi connectivity index (χ2n) is 6.12. The first-order valence-corrected chi connectivity index (χ1v) is 7.49. The number of aromatic nitrogens is 1. The number of nitrogens with one attached hydrogen (secondary N) is 1. The third-order valence-electron chi connectivity index (χ3n) is 5.11. The molecular weight excluding hydrogens is 250 g/mol. The molecule has 1 aromatic heterocycles. The van der Waals surface area contributed by atoms with Crippen LogP contribution in [0.3, 0.4) is 0 Å². The maximum absolute atomic E-state index is 12.8. The first-order valence-electron chi connectivity index (χ1n) is 7.49. The second kappa shape index (κ2) is 4.37. The lowest BCUT2D eigenvalue weighted by Gasteiger charge is -2.04. The minimum absolute atomic E-state index is 0.280. The zero-order chi connectivity index (χ0) is 13.7. The Labute approximate surface area is 118 Å². The molecule has 0 spiro atoms. The van der Waals surface area contributed by atoms with Crippen LogP contribution < -0.4 is 4.74 Å². The highest BCUT2D eigenvalue weighted by Crippen LogP contribution is 2.56. The zero-order valence-electron chi connectivity index (χ0n) is 11.7. The molecule has 104 valence electrons. The van der Waals surface area contributed by atoms with Crippen LogP contribution >= 0.6 is 0 Å². The van der Waals surface area contributed by atoms with Crippen molar-refractivity contribution in [1.82, 2.24) is 4.98 Å². The van der Waals surface area contributed by atoms with Crippen LogP contribution in [0.4, 0.5) is 0 Å². The number of methoxy groups -OCH3 is 1. The second-order valence-corrected chi connectivity index (χ2v) is 6.12. The summed E-state index contributed by atoms with van der Waals surface area (Å²) in [6.45, 7) is 0. The molecule has 0 amide bonds. The van der Waals surface area contributed by atoms with Crippen molar-refractivity contribution < 1.29 is 9.53 Å². The van der Waals surface area contributed by atoms with Gasteiger partial charge in [0, 0.05) is 28.6 Å². The van der Waals surface area contributed by atoms with Crippen molar-refractivity contribution in [3.05, 3.63) is 30.0 Å². The number of Topliss-reactive ketones (excluding diaryl/α,β-unsaturated/α-hetero) is 1. The summed E-state index contributed by atoms with van der Waals surface area (Å²) >= 11 is 0. The van der Waals surface area contributed by atoms with E-state index in [1.165, 1.54) is 25.7 Å². The van der Waals surface area contributed by atoms with E-state index in [0.717, 1.165) is 22.2 Å². The predicted molar refractivity (Wildman–Crippen MR) is 78.1 cm³/mol. The Morgan fingerprint density at radius 2 is 2.00 bits per heavy atom. The van der Waals surface area contributed by atoms with Crippen LogP contribution in [-0.2, 0) is 0 Å². The summed E-state index contributed by atoms with van der Waals surface area (Å²) in [7, 11) is 1.66. The number of hydrogen-bond donors (Lipinski definition) is 1. The van der Waals surface area contributed by atoms with Crippen LogP contribution in [-0.4, -0.2) is 17.9 Å². The van der Waals surface area contributed by atoms with E-state index in [1.807, 2.05) is 24.4 Å². The molecule has 2 aromatic rings. The van der Waals surface area contributed by atoms with Gasteiger partial charge >= 0.3 is 0 Å².